The van der Waals surface area contributed by atoms with Gasteiger partial charge in [0, 0.05) is 40.8 Å². The Morgan fingerprint density at radius 1 is 1.22 bits per heavy atom. The van der Waals surface area contributed by atoms with E-state index in [1.165, 1.54) is 12.3 Å². The summed E-state index contributed by atoms with van der Waals surface area (Å²) in [4.78, 5) is 38.4. The van der Waals surface area contributed by atoms with Gasteiger partial charge in [0.2, 0.25) is 0 Å². The van der Waals surface area contributed by atoms with Crippen LogP contribution in [0.25, 0.3) is 33.1 Å². The third-order valence-electron chi connectivity index (χ3n) is 6.31. The molecule has 0 saturated carbocycles. The molecule has 0 spiro atoms. The smallest absolute Gasteiger partial charge is 0.355 e. The van der Waals surface area contributed by atoms with Gasteiger partial charge >= 0.3 is 5.97 Å². The van der Waals surface area contributed by atoms with Crippen LogP contribution in [-0.4, -0.2) is 57.6 Å². The fourth-order valence-corrected chi connectivity index (χ4v) is 4.65. The van der Waals surface area contributed by atoms with Crippen LogP contribution in [0.3, 0.4) is 0 Å². The molecule has 0 aliphatic heterocycles. The van der Waals surface area contributed by atoms with Crippen molar-refractivity contribution in [3.8, 4) is 11.1 Å². The van der Waals surface area contributed by atoms with Crippen LogP contribution in [0.4, 0.5) is 4.39 Å². The number of pyridine rings is 1. The molecule has 0 aliphatic rings. The van der Waals surface area contributed by atoms with Crippen LogP contribution in [0.5, 0.6) is 0 Å². The molecule has 8 nitrogen and oxygen atoms in total. The molecule has 5 aromatic rings. The lowest BCUT2D eigenvalue weighted by molar-refractivity contribution is 0.0471. The summed E-state index contributed by atoms with van der Waals surface area (Å²) in [5.74, 6) is -1.05. The molecule has 2 aromatic carbocycles. The number of imidazole rings is 1. The SMILES string of the molecule is Cc1cc2c(-c3ccc[nH]c3=O)c(C(=O)OCCN(C)C)n(Cc3cc4nc[nH]c4cc3Cl)c2cc1F. The Labute approximate surface area is 216 Å². The van der Waals surface area contributed by atoms with E-state index in [9.17, 15) is 14.0 Å². The van der Waals surface area contributed by atoms with E-state index in [4.69, 9.17) is 16.3 Å². The normalized spacial score (nSPS) is 11.6. The van der Waals surface area contributed by atoms with Gasteiger partial charge in [0.25, 0.3) is 5.56 Å². The molecule has 0 saturated heterocycles. The number of ether oxygens (including phenoxy) is 1. The van der Waals surface area contributed by atoms with Crippen LogP contribution in [0.2, 0.25) is 5.02 Å². The maximum Gasteiger partial charge on any atom is 0.355 e. The Bertz CT molecular complexity index is 1700. The predicted octanol–water partition coefficient (Wildman–Crippen LogP) is 4.74. The number of hydrogen-bond acceptors (Lipinski definition) is 5. The van der Waals surface area contributed by atoms with Gasteiger partial charge in [-0.25, -0.2) is 14.2 Å². The van der Waals surface area contributed by atoms with Gasteiger partial charge in [0.1, 0.15) is 18.1 Å². The molecule has 0 unspecified atom stereocenters. The van der Waals surface area contributed by atoms with E-state index < -0.39 is 11.8 Å². The average Bonchev–Trinajstić information content (AvgIpc) is 3.42. The van der Waals surface area contributed by atoms with E-state index >= 15 is 0 Å². The number of aryl methyl sites for hydroxylation is 1. The van der Waals surface area contributed by atoms with Gasteiger partial charge in [-0.05, 0) is 68.5 Å². The minimum Gasteiger partial charge on any atom is -0.460 e. The number of esters is 1. The van der Waals surface area contributed by atoms with Crippen molar-refractivity contribution in [3.05, 3.63) is 86.9 Å². The van der Waals surface area contributed by atoms with Crippen molar-refractivity contribution in [2.24, 2.45) is 0 Å². The molecule has 37 heavy (non-hydrogen) atoms. The first kappa shape index (κ1) is 24.7. The van der Waals surface area contributed by atoms with Gasteiger partial charge in [0.15, 0.2) is 0 Å². The van der Waals surface area contributed by atoms with Crippen LogP contribution < -0.4 is 5.56 Å². The predicted molar refractivity (Wildman–Crippen MR) is 142 cm³/mol. The minimum absolute atomic E-state index is 0.128. The molecule has 0 radical (unpaired) electrons. The Morgan fingerprint density at radius 2 is 2.03 bits per heavy atom. The van der Waals surface area contributed by atoms with Crippen LogP contribution in [-0.2, 0) is 11.3 Å². The van der Waals surface area contributed by atoms with Gasteiger partial charge in [0.05, 0.1) is 22.9 Å². The number of nitrogens with zero attached hydrogens (tertiary/aromatic N) is 3. The number of hydrogen-bond donors (Lipinski definition) is 2. The number of rotatable bonds is 7. The van der Waals surface area contributed by atoms with E-state index in [-0.39, 0.29) is 30.0 Å². The molecule has 0 amide bonds. The molecule has 0 aliphatic carbocycles. The first-order valence-electron chi connectivity index (χ1n) is 11.7. The maximum absolute atomic E-state index is 14.9. The molecule has 2 N–H and O–H groups in total. The summed E-state index contributed by atoms with van der Waals surface area (Å²) in [7, 11) is 3.75. The molecule has 3 aromatic heterocycles. The fraction of sp³-hybridized carbons (Fsp3) is 0.222. The second-order valence-electron chi connectivity index (χ2n) is 9.14. The molecule has 0 atom stereocenters. The number of likely N-dealkylation sites (N-methyl/N-ethyl adjacent to an activating group) is 1. The molecule has 3 heterocycles. The first-order valence-corrected chi connectivity index (χ1v) is 12.1. The summed E-state index contributed by atoms with van der Waals surface area (Å²) >= 11 is 6.61. The zero-order valence-corrected chi connectivity index (χ0v) is 21.3. The molecule has 190 valence electrons. The zero-order valence-electron chi connectivity index (χ0n) is 20.6. The van der Waals surface area contributed by atoms with Crippen LogP contribution in [0, 0.1) is 12.7 Å². The van der Waals surface area contributed by atoms with Crippen molar-refractivity contribution in [2.75, 3.05) is 27.2 Å². The summed E-state index contributed by atoms with van der Waals surface area (Å²) in [6.07, 6.45) is 3.09. The summed E-state index contributed by atoms with van der Waals surface area (Å²) in [5, 5.41) is 1.02. The number of nitrogens with one attached hydrogen (secondary N) is 2. The van der Waals surface area contributed by atoms with Gasteiger partial charge in [-0.1, -0.05) is 11.6 Å². The highest BCUT2D eigenvalue weighted by molar-refractivity contribution is 6.32. The Hall–Kier alpha value is -3.95. The molecule has 5 rings (SSSR count). The standard InChI is InChI=1S/C27H25ClFN5O3/c1-15-9-18-23(12-20(15)29)34(13-16-10-21-22(11-19(16)28)32-14-31-21)25(27(36)37-8-7-33(2)3)24(18)17-5-4-6-30-26(17)35/h4-6,9-12,14H,7-8,13H2,1-3H3,(H,30,35)(H,31,32). The number of carbonyl (C=O) groups is 1. The topological polar surface area (TPSA) is 96.0 Å². The van der Waals surface area contributed by atoms with Crippen molar-refractivity contribution in [3.63, 3.8) is 0 Å². The minimum atomic E-state index is -0.619. The lowest BCUT2D eigenvalue weighted by atomic mass is 10.0. The highest BCUT2D eigenvalue weighted by Gasteiger charge is 2.28. The van der Waals surface area contributed by atoms with Gasteiger partial charge in [-0.3, -0.25) is 4.79 Å². The monoisotopic (exact) mass is 521 g/mol. The summed E-state index contributed by atoms with van der Waals surface area (Å²) in [6.45, 7) is 2.43. The number of aromatic nitrogens is 4. The van der Waals surface area contributed by atoms with Crippen LogP contribution >= 0.6 is 11.6 Å². The largest absolute Gasteiger partial charge is 0.460 e. The summed E-state index contributed by atoms with van der Waals surface area (Å²) in [5.41, 5.74) is 3.42. The lowest BCUT2D eigenvalue weighted by Gasteiger charge is -2.14. The Morgan fingerprint density at radius 3 is 2.78 bits per heavy atom. The quantitative estimate of drug-likeness (QED) is 0.302. The van der Waals surface area contributed by atoms with Crippen LogP contribution in [0.1, 0.15) is 21.6 Å². The zero-order chi connectivity index (χ0) is 26.3. The van der Waals surface area contributed by atoms with Gasteiger partial charge in [-0.15, -0.1) is 0 Å². The van der Waals surface area contributed by atoms with Crippen molar-refractivity contribution >= 4 is 39.5 Å². The number of halogens is 2. The van der Waals surface area contributed by atoms with Crippen molar-refractivity contribution in [2.45, 2.75) is 13.5 Å². The Kier molecular flexibility index (Phi) is 6.57. The number of H-pyrrole nitrogens is 2. The molecular weight excluding hydrogens is 497 g/mol. The molecule has 10 heteroatoms. The van der Waals surface area contributed by atoms with E-state index in [0.29, 0.717) is 44.7 Å². The first-order chi connectivity index (χ1) is 17.7. The number of carbonyl (C=O) groups excluding carboxylic acids is 1. The van der Waals surface area contributed by atoms with Crippen molar-refractivity contribution in [1.82, 2.24) is 24.4 Å². The van der Waals surface area contributed by atoms with Crippen LogP contribution in [0.15, 0.2) is 53.7 Å². The summed E-state index contributed by atoms with van der Waals surface area (Å²) < 4.78 is 22.2. The van der Waals surface area contributed by atoms with Gasteiger partial charge in [-0.2, -0.15) is 0 Å². The fourth-order valence-electron chi connectivity index (χ4n) is 4.42. The Balaban J connectivity index is 1.78. The molecule has 0 bridgehead atoms. The second-order valence-corrected chi connectivity index (χ2v) is 9.55. The van der Waals surface area contributed by atoms with Crippen molar-refractivity contribution < 1.29 is 13.9 Å². The van der Waals surface area contributed by atoms with Gasteiger partial charge < -0.3 is 24.2 Å². The number of fused-ring (bicyclic) bond motifs is 2. The second kappa shape index (κ2) is 9.84. The van der Waals surface area contributed by atoms with E-state index in [1.54, 1.807) is 42.1 Å². The maximum atomic E-state index is 14.9. The van der Waals surface area contributed by atoms with Crippen molar-refractivity contribution in [1.29, 1.82) is 0 Å². The summed E-state index contributed by atoms with van der Waals surface area (Å²) in [6, 6.07) is 9.92. The third kappa shape index (κ3) is 4.63. The molecular formula is C27H25ClFN5O3. The number of aromatic amines is 2. The highest BCUT2D eigenvalue weighted by Crippen LogP contribution is 2.37. The average molecular weight is 522 g/mol. The van der Waals surface area contributed by atoms with E-state index in [2.05, 4.69) is 15.0 Å². The molecule has 0 fully saturated rings. The van der Waals surface area contributed by atoms with E-state index in [1.807, 2.05) is 25.1 Å². The van der Waals surface area contributed by atoms with E-state index in [0.717, 1.165) is 5.52 Å². The number of benzene rings is 2. The third-order valence-corrected chi connectivity index (χ3v) is 6.67. The lowest BCUT2D eigenvalue weighted by Crippen LogP contribution is -2.22. The highest BCUT2D eigenvalue weighted by atomic mass is 35.5.